The lowest BCUT2D eigenvalue weighted by Crippen LogP contribution is -2.22. The zero-order valence-electron chi connectivity index (χ0n) is 12.5. The van der Waals surface area contributed by atoms with Gasteiger partial charge >= 0.3 is 0 Å². The van der Waals surface area contributed by atoms with Crippen LogP contribution in [0.2, 0.25) is 0 Å². The number of thiazole rings is 1. The minimum atomic E-state index is -0.151. The van der Waals surface area contributed by atoms with E-state index in [0.717, 1.165) is 16.3 Å². The van der Waals surface area contributed by atoms with Crippen LogP contribution in [0.15, 0.2) is 54.2 Å². The molecule has 0 fully saturated rings. The molecule has 6 heteroatoms. The first-order valence-corrected chi connectivity index (χ1v) is 7.91. The van der Waals surface area contributed by atoms with Gasteiger partial charge in [-0.1, -0.05) is 6.07 Å². The van der Waals surface area contributed by atoms with Crippen molar-refractivity contribution in [3.05, 3.63) is 64.7 Å². The van der Waals surface area contributed by atoms with Crippen molar-refractivity contribution in [1.29, 1.82) is 0 Å². The number of hydrogen-bond donors (Lipinski definition) is 1. The zero-order valence-corrected chi connectivity index (χ0v) is 13.3. The number of aromatic nitrogens is 2. The maximum Gasteiger partial charge on any atom is 0.251 e. The van der Waals surface area contributed by atoms with Gasteiger partial charge < -0.3 is 10.1 Å². The predicted molar refractivity (Wildman–Crippen MR) is 89.5 cm³/mol. The summed E-state index contributed by atoms with van der Waals surface area (Å²) in [7, 11) is 1.58. The zero-order chi connectivity index (χ0) is 16.1. The fraction of sp³-hybridized carbons (Fsp3) is 0.118. The fourth-order valence-corrected chi connectivity index (χ4v) is 2.80. The molecule has 3 rings (SSSR count). The average Bonchev–Trinajstić information content (AvgIpc) is 3.09. The molecule has 0 spiro atoms. The number of rotatable bonds is 5. The molecule has 0 aliphatic carbocycles. The van der Waals surface area contributed by atoms with Crippen molar-refractivity contribution < 1.29 is 9.53 Å². The summed E-state index contributed by atoms with van der Waals surface area (Å²) < 4.78 is 5.12. The van der Waals surface area contributed by atoms with Crippen LogP contribution in [-0.2, 0) is 6.54 Å². The number of nitrogens with zero attached hydrogens (tertiary/aromatic N) is 2. The number of ether oxygens (including phenoxy) is 1. The van der Waals surface area contributed by atoms with Crippen LogP contribution in [0.4, 0.5) is 0 Å². The molecule has 116 valence electrons. The Kier molecular flexibility index (Phi) is 4.63. The first-order valence-electron chi connectivity index (χ1n) is 7.03. The number of carbonyl (C=O) groups excluding carboxylic acids is 1. The average molecular weight is 325 g/mol. The van der Waals surface area contributed by atoms with E-state index in [1.807, 2.05) is 17.5 Å². The van der Waals surface area contributed by atoms with E-state index in [1.165, 1.54) is 11.3 Å². The van der Waals surface area contributed by atoms with E-state index in [9.17, 15) is 4.79 Å². The van der Waals surface area contributed by atoms with E-state index in [1.54, 1.807) is 43.8 Å². The highest BCUT2D eigenvalue weighted by Gasteiger charge is 2.09. The Hall–Kier alpha value is -2.73. The summed E-state index contributed by atoms with van der Waals surface area (Å²) in [6.45, 7) is 0.390. The lowest BCUT2D eigenvalue weighted by molar-refractivity contribution is 0.0950. The molecule has 2 aromatic heterocycles. The molecule has 0 bridgehead atoms. The molecule has 2 heterocycles. The van der Waals surface area contributed by atoms with E-state index < -0.39 is 0 Å². The van der Waals surface area contributed by atoms with Crippen LogP contribution >= 0.6 is 11.3 Å². The summed E-state index contributed by atoms with van der Waals surface area (Å²) in [4.78, 5) is 20.8. The number of benzene rings is 1. The van der Waals surface area contributed by atoms with Crippen molar-refractivity contribution >= 4 is 17.2 Å². The van der Waals surface area contributed by atoms with Gasteiger partial charge in [0.15, 0.2) is 0 Å². The van der Waals surface area contributed by atoms with Gasteiger partial charge in [-0.25, -0.2) is 4.98 Å². The molecule has 1 aromatic carbocycles. The van der Waals surface area contributed by atoms with Crippen molar-refractivity contribution in [2.75, 3.05) is 7.11 Å². The second kappa shape index (κ2) is 7.02. The van der Waals surface area contributed by atoms with Crippen molar-refractivity contribution in [3.63, 3.8) is 0 Å². The molecule has 0 radical (unpaired) electrons. The van der Waals surface area contributed by atoms with Crippen LogP contribution < -0.4 is 10.1 Å². The van der Waals surface area contributed by atoms with E-state index >= 15 is 0 Å². The summed E-state index contributed by atoms with van der Waals surface area (Å²) in [5.74, 6) is 0.507. The van der Waals surface area contributed by atoms with E-state index in [4.69, 9.17) is 4.74 Å². The van der Waals surface area contributed by atoms with Gasteiger partial charge in [-0.05, 0) is 30.3 Å². The van der Waals surface area contributed by atoms with Gasteiger partial charge in [-0.15, -0.1) is 11.3 Å². The minimum absolute atomic E-state index is 0.151. The molecule has 1 N–H and O–H groups in total. The molecular weight excluding hydrogens is 310 g/mol. The standard InChI is InChI=1S/C17H15N3O2S/c1-22-14-6-2-4-12(8-14)17(21)19-10-16-20-15(11-23-16)13-5-3-7-18-9-13/h2-9,11H,10H2,1H3,(H,19,21). The molecule has 0 aliphatic rings. The lowest BCUT2D eigenvalue weighted by Gasteiger charge is -2.05. The molecule has 1 amide bonds. The second-order valence-corrected chi connectivity index (χ2v) is 5.73. The Bertz CT molecular complexity index is 802. The first-order chi connectivity index (χ1) is 11.3. The minimum Gasteiger partial charge on any atom is -0.497 e. The van der Waals surface area contributed by atoms with Gasteiger partial charge in [-0.2, -0.15) is 0 Å². The summed E-state index contributed by atoms with van der Waals surface area (Å²) in [6.07, 6.45) is 3.50. The molecule has 0 unspecified atom stereocenters. The van der Waals surface area contributed by atoms with Crippen LogP contribution in [-0.4, -0.2) is 23.0 Å². The molecule has 0 aliphatic heterocycles. The molecular formula is C17H15N3O2S. The van der Waals surface area contributed by atoms with Crippen LogP contribution in [0.1, 0.15) is 15.4 Å². The van der Waals surface area contributed by atoms with Crippen LogP contribution in [0.3, 0.4) is 0 Å². The molecule has 0 saturated heterocycles. The van der Waals surface area contributed by atoms with E-state index in [0.29, 0.717) is 17.9 Å². The molecule has 0 saturated carbocycles. The first kappa shape index (κ1) is 15.2. The number of pyridine rings is 1. The predicted octanol–water partition coefficient (Wildman–Crippen LogP) is 3.14. The molecule has 5 nitrogen and oxygen atoms in total. The quantitative estimate of drug-likeness (QED) is 0.783. The highest BCUT2D eigenvalue weighted by atomic mass is 32.1. The summed E-state index contributed by atoms with van der Waals surface area (Å²) in [5, 5.41) is 5.68. The van der Waals surface area contributed by atoms with Crippen LogP contribution in [0, 0.1) is 0 Å². The van der Waals surface area contributed by atoms with Crippen molar-refractivity contribution in [3.8, 4) is 17.0 Å². The number of carbonyl (C=O) groups is 1. The Labute approximate surface area is 138 Å². The van der Waals surface area contributed by atoms with Crippen molar-refractivity contribution in [2.45, 2.75) is 6.54 Å². The normalized spacial score (nSPS) is 10.3. The monoisotopic (exact) mass is 325 g/mol. The maximum absolute atomic E-state index is 12.2. The largest absolute Gasteiger partial charge is 0.497 e. The number of nitrogens with one attached hydrogen (secondary N) is 1. The Balaban J connectivity index is 1.64. The molecule has 0 atom stereocenters. The van der Waals surface area contributed by atoms with Gasteiger partial charge in [-0.3, -0.25) is 9.78 Å². The van der Waals surface area contributed by atoms with Gasteiger partial charge in [0.2, 0.25) is 0 Å². The number of hydrogen-bond acceptors (Lipinski definition) is 5. The highest BCUT2D eigenvalue weighted by molar-refractivity contribution is 7.09. The third-order valence-corrected chi connectivity index (χ3v) is 4.09. The number of methoxy groups -OCH3 is 1. The van der Waals surface area contributed by atoms with Crippen LogP contribution in [0.5, 0.6) is 5.75 Å². The van der Waals surface area contributed by atoms with Crippen molar-refractivity contribution in [1.82, 2.24) is 15.3 Å². The molecule has 3 aromatic rings. The van der Waals surface area contributed by atoms with Gasteiger partial charge in [0.1, 0.15) is 10.8 Å². The van der Waals surface area contributed by atoms with Gasteiger partial charge in [0.25, 0.3) is 5.91 Å². The third-order valence-electron chi connectivity index (χ3n) is 3.24. The van der Waals surface area contributed by atoms with Crippen LogP contribution in [0.25, 0.3) is 11.3 Å². The summed E-state index contributed by atoms with van der Waals surface area (Å²) >= 11 is 1.51. The fourth-order valence-electron chi connectivity index (χ4n) is 2.06. The SMILES string of the molecule is COc1cccc(C(=O)NCc2nc(-c3cccnc3)cs2)c1. The second-order valence-electron chi connectivity index (χ2n) is 4.78. The summed E-state index contributed by atoms with van der Waals surface area (Å²) in [6, 6.07) is 10.9. The van der Waals surface area contributed by atoms with E-state index in [2.05, 4.69) is 15.3 Å². The lowest BCUT2D eigenvalue weighted by atomic mass is 10.2. The highest BCUT2D eigenvalue weighted by Crippen LogP contribution is 2.20. The number of amides is 1. The Morgan fingerprint density at radius 3 is 3.00 bits per heavy atom. The maximum atomic E-state index is 12.2. The summed E-state index contributed by atoms with van der Waals surface area (Å²) in [5.41, 5.74) is 2.40. The van der Waals surface area contributed by atoms with E-state index in [-0.39, 0.29) is 5.91 Å². The molecule has 23 heavy (non-hydrogen) atoms. The van der Waals surface area contributed by atoms with Gasteiger partial charge in [0.05, 0.1) is 19.3 Å². The third kappa shape index (κ3) is 3.73. The van der Waals surface area contributed by atoms with Gasteiger partial charge in [0, 0.05) is 28.9 Å². The van der Waals surface area contributed by atoms with Crippen molar-refractivity contribution in [2.24, 2.45) is 0 Å². The Morgan fingerprint density at radius 2 is 2.22 bits per heavy atom. The topological polar surface area (TPSA) is 64.1 Å². The Morgan fingerprint density at radius 1 is 1.30 bits per heavy atom. The smallest absolute Gasteiger partial charge is 0.251 e.